The average Bonchev–Trinajstić information content (AvgIpc) is 2.65. The predicted molar refractivity (Wildman–Crippen MR) is 51.8 cm³/mol. The van der Waals surface area contributed by atoms with Crippen LogP contribution in [-0.2, 0) is 0 Å². The molecule has 2 heterocycles. The molecule has 2 aromatic rings. The number of nitrogens with zero attached hydrogens (tertiary/aromatic N) is 3. The van der Waals surface area contributed by atoms with Crippen LogP contribution in [0.4, 0.5) is 0 Å². The van der Waals surface area contributed by atoms with Gasteiger partial charge in [-0.3, -0.25) is 0 Å². The van der Waals surface area contributed by atoms with E-state index < -0.39 is 0 Å². The monoisotopic (exact) mass is 255 g/mol. The molecule has 0 fully saturated rings. The van der Waals surface area contributed by atoms with Gasteiger partial charge in [-0.2, -0.15) is 4.98 Å². The molecule has 0 aromatic carbocycles. The number of methoxy groups -OCH3 is 1. The molecule has 0 radical (unpaired) electrons. The highest BCUT2D eigenvalue weighted by atomic mass is 79.9. The summed E-state index contributed by atoms with van der Waals surface area (Å²) >= 11 is 3.10. The highest BCUT2D eigenvalue weighted by Crippen LogP contribution is 2.26. The fourth-order valence-electron chi connectivity index (χ4n) is 1.03. The maximum absolute atomic E-state index is 5.05. The molecule has 0 aliphatic carbocycles. The first-order valence-electron chi connectivity index (χ1n) is 3.80. The number of pyridine rings is 1. The molecule has 0 saturated heterocycles. The number of halogens is 1. The van der Waals surface area contributed by atoms with Crippen LogP contribution in [0.15, 0.2) is 27.6 Å². The maximum atomic E-state index is 5.05. The van der Waals surface area contributed by atoms with Crippen LogP contribution in [0, 0.1) is 0 Å². The first kappa shape index (κ1) is 9.14. The van der Waals surface area contributed by atoms with E-state index in [4.69, 9.17) is 9.26 Å². The summed E-state index contributed by atoms with van der Waals surface area (Å²) in [6, 6.07) is 3.57. The summed E-state index contributed by atoms with van der Waals surface area (Å²) < 4.78 is 10.4. The van der Waals surface area contributed by atoms with Gasteiger partial charge in [0, 0.05) is 6.20 Å². The molecule has 0 saturated carbocycles. The summed E-state index contributed by atoms with van der Waals surface area (Å²) in [6.45, 7) is 0. The standard InChI is InChI=1S/C8H6BrN3O2/c1-13-6-5(3-2-4-10-6)7-11-8(9)12-14-7/h2-4H,1H3. The first-order chi connectivity index (χ1) is 6.81. The molecule has 0 amide bonds. The SMILES string of the molecule is COc1ncccc1-c1nc(Br)no1. The molecule has 0 aliphatic rings. The third-order valence-electron chi connectivity index (χ3n) is 1.60. The van der Waals surface area contributed by atoms with Gasteiger partial charge in [-0.05, 0) is 33.2 Å². The minimum absolute atomic E-state index is 0.377. The van der Waals surface area contributed by atoms with Crippen LogP contribution in [0.2, 0.25) is 0 Å². The van der Waals surface area contributed by atoms with Crippen LogP contribution in [0.1, 0.15) is 0 Å². The lowest BCUT2D eigenvalue weighted by Crippen LogP contribution is -1.90. The van der Waals surface area contributed by atoms with E-state index in [1.165, 1.54) is 7.11 Å². The van der Waals surface area contributed by atoms with Gasteiger partial charge in [-0.25, -0.2) is 4.98 Å². The second kappa shape index (κ2) is 3.75. The van der Waals surface area contributed by atoms with E-state index in [0.29, 0.717) is 22.1 Å². The van der Waals surface area contributed by atoms with Crippen molar-refractivity contribution in [2.45, 2.75) is 0 Å². The van der Waals surface area contributed by atoms with Crippen LogP contribution < -0.4 is 4.74 Å². The van der Waals surface area contributed by atoms with E-state index >= 15 is 0 Å². The number of hydrogen-bond donors (Lipinski definition) is 0. The number of aromatic nitrogens is 3. The van der Waals surface area contributed by atoms with E-state index in [0.717, 1.165) is 0 Å². The Bertz CT molecular complexity index is 444. The Kier molecular flexibility index (Phi) is 2.45. The Labute approximate surface area is 88.2 Å². The summed E-state index contributed by atoms with van der Waals surface area (Å²) in [4.78, 5) is 8.03. The van der Waals surface area contributed by atoms with Crippen LogP contribution in [0.5, 0.6) is 5.88 Å². The molecule has 0 atom stereocenters. The lowest BCUT2D eigenvalue weighted by atomic mass is 10.3. The third-order valence-corrected chi connectivity index (χ3v) is 1.92. The minimum atomic E-state index is 0.377. The molecule has 2 rings (SSSR count). The molecule has 5 nitrogen and oxygen atoms in total. The number of hydrogen-bond acceptors (Lipinski definition) is 5. The Morgan fingerprint density at radius 1 is 1.50 bits per heavy atom. The van der Waals surface area contributed by atoms with Gasteiger partial charge in [0.15, 0.2) is 0 Å². The highest BCUT2D eigenvalue weighted by molar-refractivity contribution is 9.10. The summed E-state index contributed by atoms with van der Waals surface area (Å²) in [7, 11) is 1.54. The quantitative estimate of drug-likeness (QED) is 0.821. The Balaban J connectivity index is 2.50. The maximum Gasteiger partial charge on any atom is 0.264 e. The lowest BCUT2D eigenvalue weighted by Gasteiger charge is -2.01. The highest BCUT2D eigenvalue weighted by Gasteiger charge is 2.12. The van der Waals surface area contributed by atoms with Crippen LogP contribution in [-0.4, -0.2) is 22.2 Å². The third kappa shape index (κ3) is 1.60. The zero-order valence-electron chi connectivity index (χ0n) is 7.27. The smallest absolute Gasteiger partial charge is 0.264 e. The second-order valence-corrected chi connectivity index (χ2v) is 3.14. The van der Waals surface area contributed by atoms with E-state index in [2.05, 4.69) is 31.1 Å². The predicted octanol–water partition coefficient (Wildman–Crippen LogP) is 1.90. The Hall–Kier alpha value is -1.43. The summed E-state index contributed by atoms with van der Waals surface area (Å²) in [5.74, 6) is 0.838. The Morgan fingerprint density at radius 3 is 3.00 bits per heavy atom. The van der Waals surface area contributed by atoms with Crippen molar-refractivity contribution in [1.82, 2.24) is 15.1 Å². The normalized spacial score (nSPS) is 10.1. The number of ether oxygens (including phenoxy) is 1. The average molecular weight is 256 g/mol. The molecule has 0 aliphatic heterocycles. The Morgan fingerprint density at radius 2 is 2.36 bits per heavy atom. The molecule has 2 aromatic heterocycles. The van der Waals surface area contributed by atoms with Crippen molar-refractivity contribution in [2.75, 3.05) is 7.11 Å². The molecule has 0 unspecified atom stereocenters. The van der Waals surface area contributed by atoms with Gasteiger partial charge in [0.2, 0.25) is 10.6 Å². The van der Waals surface area contributed by atoms with E-state index in [9.17, 15) is 0 Å². The van der Waals surface area contributed by atoms with E-state index in [-0.39, 0.29) is 0 Å². The van der Waals surface area contributed by atoms with Gasteiger partial charge < -0.3 is 9.26 Å². The summed E-state index contributed by atoms with van der Waals surface area (Å²) in [5, 5.41) is 3.62. The zero-order valence-corrected chi connectivity index (χ0v) is 8.85. The molecule has 6 heteroatoms. The molecule has 72 valence electrons. The van der Waals surface area contributed by atoms with Gasteiger partial charge in [0.1, 0.15) is 5.56 Å². The van der Waals surface area contributed by atoms with Gasteiger partial charge in [0.05, 0.1) is 7.11 Å². The van der Waals surface area contributed by atoms with E-state index in [1.807, 2.05) is 0 Å². The number of rotatable bonds is 2. The molecule has 0 N–H and O–H groups in total. The fraction of sp³-hybridized carbons (Fsp3) is 0.125. The molecule has 0 bridgehead atoms. The molecule has 14 heavy (non-hydrogen) atoms. The van der Waals surface area contributed by atoms with Crippen molar-refractivity contribution in [2.24, 2.45) is 0 Å². The first-order valence-corrected chi connectivity index (χ1v) is 4.59. The fourth-order valence-corrected chi connectivity index (χ4v) is 1.26. The van der Waals surface area contributed by atoms with Gasteiger partial charge >= 0.3 is 0 Å². The summed E-state index contributed by atoms with van der Waals surface area (Å²) in [5.41, 5.74) is 0.674. The largest absolute Gasteiger partial charge is 0.480 e. The van der Waals surface area contributed by atoms with Crippen LogP contribution >= 0.6 is 15.9 Å². The van der Waals surface area contributed by atoms with Crippen molar-refractivity contribution < 1.29 is 9.26 Å². The van der Waals surface area contributed by atoms with Crippen molar-refractivity contribution in [3.05, 3.63) is 23.1 Å². The minimum Gasteiger partial charge on any atom is -0.480 e. The van der Waals surface area contributed by atoms with Crippen molar-refractivity contribution in [1.29, 1.82) is 0 Å². The van der Waals surface area contributed by atoms with Crippen LogP contribution in [0.25, 0.3) is 11.5 Å². The van der Waals surface area contributed by atoms with Gasteiger partial charge in [0.25, 0.3) is 5.89 Å². The molecular formula is C8H6BrN3O2. The lowest BCUT2D eigenvalue weighted by molar-refractivity contribution is 0.391. The van der Waals surface area contributed by atoms with E-state index in [1.54, 1.807) is 18.3 Å². The summed E-state index contributed by atoms with van der Waals surface area (Å²) in [6.07, 6.45) is 1.63. The molecular weight excluding hydrogens is 250 g/mol. The zero-order chi connectivity index (χ0) is 9.97. The van der Waals surface area contributed by atoms with Crippen molar-refractivity contribution in [3.63, 3.8) is 0 Å². The second-order valence-electron chi connectivity index (χ2n) is 2.43. The van der Waals surface area contributed by atoms with Crippen molar-refractivity contribution >= 4 is 15.9 Å². The van der Waals surface area contributed by atoms with Gasteiger partial charge in [-0.1, -0.05) is 0 Å². The van der Waals surface area contributed by atoms with Crippen molar-refractivity contribution in [3.8, 4) is 17.3 Å². The van der Waals surface area contributed by atoms with Gasteiger partial charge in [-0.15, -0.1) is 0 Å². The molecule has 0 spiro atoms. The topological polar surface area (TPSA) is 61.0 Å². The van der Waals surface area contributed by atoms with Crippen LogP contribution in [0.3, 0.4) is 0 Å².